The van der Waals surface area contributed by atoms with Gasteiger partial charge in [0.25, 0.3) is 0 Å². The number of hydrogen-bond acceptors (Lipinski definition) is 6. The van der Waals surface area contributed by atoms with Crippen molar-refractivity contribution in [2.75, 3.05) is 20.2 Å². The standard InChI is InChI=1S/C30H37N3O6/c1-7-18-33(26(27(35)31-20-25(34)38-6)23-16-14-21(8-2)15-17-23)28(36)24(19-22-12-10-9-11-13-22)32-29(37)39-30(3,4)5/h2,9-17,24,26H,7,18-20H2,1,3-6H3,(H,31,35)(H,32,37). The molecule has 2 aromatic carbocycles. The lowest BCUT2D eigenvalue weighted by atomic mass is 9.99. The largest absolute Gasteiger partial charge is 0.468 e. The first-order valence-electron chi connectivity index (χ1n) is 12.7. The summed E-state index contributed by atoms with van der Waals surface area (Å²) in [5, 5.41) is 5.25. The molecule has 2 aromatic rings. The van der Waals surface area contributed by atoms with Crippen molar-refractivity contribution in [3.05, 3.63) is 71.3 Å². The van der Waals surface area contributed by atoms with Gasteiger partial charge >= 0.3 is 12.1 Å². The molecule has 0 aromatic heterocycles. The minimum Gasteiger partial charge on any atom is -0.468 e. The minimum absolute atomic E-state index is 0.172. The third-order valence-corrected chi connectivity index (χ3v) is 5.61. The fourth-order valence-electron chi connectivity index (χ4n) is 3.87. The Hall–Kier alpha value is -4.32. The van der Waals surface area contributed by atoms with Crippen LogP contribution in [0.1, 0.15) is 56.8 Å². The molecular weight excluding hydrogens is 498 g/mol. The van der Waals surface area contributed by atoms with E-state index in [-0.39, 0.29) is 19.5 Å². The molecule has 0 fully saturated rings. The first-order chi connectivity index (χ1) is 18.5. The number of terminal acetylenes is 1. The number of amides is 3. The molecule has 0 saturated heterocycles. The van der Waals surface area contributed by atoms with Crippen molar-refractivity contribution < 1.29 is 28.7 Å². The van der Waals surface area contributed by atoms with Crippen LogP contribution in [0.4, 0.5) is 4.79 Å². The molecule has 0 spiro atoms. The monoisotopic (exact) mass is 535 g/mol. The fourth-order valence-corrected chi connectivity index (χ4v) is 3.87. The van der Waals surface area contributed by atoms with Gasteiger partial charge in [0, 0.05) is 18.5 Å². The van der Waals surface area contributed by atoms with Crippen molar-refractivity contribution >= 4 is 23.9 Å². The van der Waals surface area contributed by atoms with Crippen molar-refractivity contribution in [1.29, 1.82) is 0 Å². The molecule has 0 radical (unpaired) electrons. The summed E-state index contributed by atoms with van der Waals surface area (Å²) in [5.74, 6) is 0.838. The number of alkyl carbamates (subject to hydrolysis) is 1. The summed E-state index contributed by atoms with van der Waals surface area (Å²) in [6.45, 7) is 6.89. The second-order valence-electron chi connectivity index (χ2n) is 9.88. The molecule has 0 saturated carbocycles. The highest BCUT2D eigenvalue weighted by Crippen LogP contribution is 2.24. The Bertz CT molecular complexity index is 1170. The highest BCUT2D eigenvalue weighted by Gasteiger charge is 2.36. The van der Waals surface area contributed by atoms with Gasteiger partial charge in [0.1, 0.15) is 24.2 Å². The van der Waals surface area contributed by atoms with Crippen LogP contribution in [0.3, 0.4) is 0 Å². The smallest absolute Gasteiger partial charge is 0.408 e. The van der Waals surface area contributed by atoms with Crippen LogP contribution in [-0.2, 0) is 30.3 Å². The number of hydrogen-bond donors (Lipinski definition) is 2. The van der Waals surface area contributed by atoms with E-state index in [1.165, 1.54) is 12.0 Å². The molecule has 0 aliphatic heterocycles. The topological polar surface area (TPSA) is 114 Å². The van der Waals surface area contributed by atoms with Gasteiger partial charge in [-0.3, -0.25) is 14.4 Å². The van der Waals surface area contributed by atoms with Gasteiger partial charge in [-0.05, 0) is 50.5 Å². The molecule has 0 aliphatic rings. The molecule has 208 valence electrons. The van der Waals surface area contributed by atoms with E-state index in [9.17, 15) is 19.2 Å². The Morgan fingerprint density at radius 2 is 1.67 bits per heavy atom. The highest BCUT2D eigenvalue weighted by atomic mass is 16.6. The van der Waals surface area contributed by atoms with Gasteiger partial charge in [-0.15, -0.1) is 6.42 Å². The molecule has 2 atom stereocenters. The van der Waals surface area contributed by atoms with E-state index in [1.54, 1.807) is 45.0 Å². The molecule has 9 nitrogen and oxygen atoms in total. The van der Waals surface area contributed by atoms with E-state index < -0.39 is 41.6 Å². The predicted molar refractivity (Wildman–Crippen MR) is 147 cm³/mol. The first-order valence-corrected chi connectivity index (χ1v) is 12.7. The highest BCUT2D eigenvalue weighted by molar-refractivity contribution is 5.93. The number of benzene rings is 2. The SMILES string of the molecule is C#Cc1ccc(C(C(=O)NCC(=O)OC)N(CCC)C(=O)C(Cc2ccccc2)NC(=O)OC(C)(C)C)cc1. The predicted octanol–water partition coefficient (Wildman–Crippen LogP) is 3.37. The van der Waals surface area contributed by atoms with Crippen LogP contribution in [0, 0.1) is 12.3 Å². The average Bonchev–Trinajstić information content (AvgIpc) is 2.90. The van der Waals surface area contributed by atoms with Crippen LogP contribution >= 0.6 is 0 Å². The van der Waals surface area contributed by atoms with Gasteiger partial charge in [0.15, 0.2) is 0 Å². The third-order valence-electron chi connectivity index (χ3n) is 5.61. The Balaban J connectivity index is 2.51. The number of methoxy groups -OCH3 is 1. The number of ether oxygens (including phenoxy) is 2. The number of carbonyl (C=O) groups is 4. The van der Waals surface area contributed by atoms with Crippen LogP contribution < -0.4 is 10.6 Å². The Morgan fingerprint density at radius 3 is 2.21 bits per heavy atom. The van der Waals surface area contributed by atoms with Gasteiger partial charge < -0.3 is 25.0 Å². The number of rotatable bonds is 11. The van der Waals surface area contributed by atoms with E-state index in [2.05, 4.69) is 21.3 Å². The molecule has 2 rings (SSSR count). The summed E-state index contributed by atoms with van der Waals surface area (Å²) in [6.07, 6.45) is 5.44. The molecule has 3 amide bonds. The third kappa shape index (κ3) is 9.82. The Kier molecular flexibility index (Phi) is 11.5. The quantitative estimate of drug-likeness (QED) is 0.337. The van der Waals surface area contributed by atoms with Gasteiger partial charge in [-0.25, -0.2) is 4.79 Å². The molecule has 0 heterocycles. The number of nitrogens with zero attached hydrogens (tertiary/aromatic N) is 1. The van der Waals surface area contributed by atoms with Gasteiger partial charge in [0.2, 0.25) is 11.8 Å². The van der Waals surface area contributed by atoms with Crippen LogP contribution in [-0.4, -0.2) is 60.6 Å². The van der Waals surface area contributed by atoms with Crippen LogP contribution in [0.5, 0.6) is 0 Å². The normalized spacial score (nSPS) is 12.3. The van der Waals surface area contributed by atoms with Crippen LogP contribution in [0.15, 0.2) is 54.6 Å². The fraction of sp³-hybridized carbons (Fsp3) is 0.400. The summed E-state index contributed by atoms with van der Waals surface area (Å²) in [6, 6.07) is 13.8. The molecule has 2 N–H and O–H groups in total. The first kappa shape index (κ1) is 30.9. The van der Waals surface area contributed by atoms with E-state index in [0.717, 1.165) is 5.56 Å². The molecule has 2 unspecified atom stereocenters. The Morgan fingerprint density at radius 1 is 1.03 bits per heavy atom. The molecular formula is C30H37N3O6. The van der Waals surface area contributed by atoms with E-state index in [4.69, 9.17) is 11.2 Å². The zero-order chi connectivity index (χ0) is 29.0. The molecule has 9 heteroatoms. The van der Waals surface area contributed by atoms with Crippen molar-refractivity contribution in [2.24, 2.45) is 0 Å². The van der Waals surface area contributed by atoms with E-state index in [0.29, 0.717) is 17.5 Å². The number of nitrogens with one attached hydrogen (secondary N) is 2. The summed E-state index contributed by atoms with van der Waals surface area (Å²) < 4.78 is 10.1. The van der Waals surface area contributed by atoms with E-state index >= 15 is 0 Å². The van der Waals surface area contributed by atoms with Crippen molar-refractivity contribution in [1.82, 2.24) is 15.5 Å². The summed E-state index contributed by atoms with van der Waals surface area (Å²) in [4.78, 5) is 53.5. The average molecular weight is 536 g/mol. The van der Waals surface area contributed by atoms with Gasteiger partial charge in [-0.2, -0.15) is 0 Å². The van der Waals surface area contributed by atoms with Gasteiger partial charge in [-0.1, -0.05) is 55.3 Å². The minimum atomic E-state index is -1.10. The second kappa shape index (κ2) is 14.6. The van der Waals surface area contributed by atoms with Crippen LogP contribution in [0.25, 0.3) is 0 Å². The zero-order valence-electron chi connectivity index (χ0n) is 23.2. The number of esters is 1. The van der Waals surface area contributed by atoms with Crippen molar-refractivity contribution in [3.8, 4) is 12.3 Å². The van der Waals surface area contributed by atoms with Crippen molar-refractivity contribution in [2.45, 2.75) is 58.2 Å². The van der Waals surface area contributed by atoms with Gasteiger partial charge in [0.05, 0.1) is 7.11 Å². The lowest BCUT2D eigenvalue weighted by Crippen LogP contribution is -2.54. The van der Waals surface area contributed by atoms with Crippen molar-refractivity contribution in [3.63, 3.8) is 0 Å². The maximum atomic E-state index is 14.1. The van der Waals surface area contributed by atoms with E-state index in [1.807, 2.05) is 37.3 Å². The summed E-state index contributed by atoms with van der Waals surface area (Å²) in [5.41, 5.74) is 1.14. The lowest BCUT2D eigenvalue weighted by Gasteiger charge is -2.34. The molecule has 0 bridgehead atoms. The maximum absolute atomic E-state index is 14.1. The molecule has 0 aliphatic carbocycles. The van der Waals surface area contributed by atoms with Crippen LogP contribution in [0.2, 0.25) is 0 Å². The summed E-state index contributed by atoms with van der Waals surface area (Å²) in [7, 11) is 1.22. The Labute approximate surface area is 230 Å². The second-order valence-corrected chi connectivity index (χ2v) is 9.88. The number of carbonyl (C=O) groups excluding carboxylic acids is 4. The molecule has 39 heavy (non-hydrogen) atoms. The lowest BCUT2D eigenvalue weighted by molar-refractivity contribution is -0.144. The summed E-state index contributed by atoms with van der Waals surface area (Å²) >= 11 is 0. The maximum Gasteiger partial charge on any atom is 0.408 e. The zero-order valence-corrected chi connectivity index (χ0v) is 23.2.